The van der Waals surface area contributed by atoms with Crippen molar-refractivity contribution in [3.8, 4) is 0 Å². The van der Waals surface area contributed by atoms with Gasteiger partial charge in [-0.15, -0.1) is 0 Å². The van der Waals surface area contributed by atoms with Gasteiger partial charge in [0.15, 0.2) is 0 Å². The first-order chi connectivity index (χ1) is 8.25. The van der Waals surface area contributed by atoms with Crippen molar-refractivity contribution in [2.24, 2.45) is 0 Å². The Labute approximate surface area is 99.6 Å². The summed E-state index contributed by atoms with van der Waals surface area (Å²) in [6.07, 6.45) is 2.68. The standard InChI is InChI=1S/C13H15FN2O/c14-9-3-5-10(6-4-9)16-12-2-1-7-15-11(12)8-13(16)17/h3-6,11-12,15H,1-2,7-8H2. The van der Waals surface area contributed by atoms with Gasteiger partial charge in [0.1, 0.15) is 5.82 Å². The predicted octanol–water partition coefficient (Wildman–Crippen LogP) is 1.68. The summed E-state index contributed by atoms with van der Waals surface area (Å²) < 4.78 is 12.9. The number of carbonyl (C=O) groups excluding carboxylic acids is 1. The number of hydrogen-bond donors (Lipinski definition) is 1. The summed E-state index contributed by atoms with van der Waals surface area (Å²) in [5.41, 5.74) is 0.813. The average Bonchev–Trinajstić information content (AvgIpc) is 2.66. The number of piperidine rings is 1. The van der Waals surface area contributed by atoms with Gasteiger partial charge in [-0.2, -0.15) is 0 Å². The van der Waals surface area contributed by atoms with Crippen LogP contribution in [0.3, 0.4) is 0 Å². The molecule has 2 saturated heterocycles. The zero-order chi connectivity index (χ0) is 11.8. The SMILES string of the molecule is O=C1CC2NCCCC2N1c1ccc(F)cc1. The number of carbonyl (C=O) groups is 1. The van der Waals surface area contributed by atoms with E-state index in [1.807, 2.05) is 4.90 Å². The van der Waals surface area contributed by atoms with Crippen molar-refractivity contribution in [3.63, 3.8) is 0 Å². The number of nitrogens with one attached hydrogen (secondary N) is 1. The molecule has 0 saturated carbocycles. The average molecular weight is 234 g/mol. The molecule has 2 unspecified atom stereocenters. The third-order valence-corrected chi connectivity index (χ3v) is 3.65. The second-order valence-electron chi connectivity index (χ2n) is 4.71. The summed E-state index contributed by atoms with van der Waals surface area (Å²) >= 11 is 0. The van der Waals surface area contributed by atoms with Crippen LogP contribution in [0.15, 0.2) is 24.3 Å². The van der Waals surface area contributed by atoms with E-state index in [1.165, 1.54) is 12.1 Å². The van der Waals surface area contributed by atoms with Crippen molar-refractivity contribution in [2.75, 3.05) is 11.4 Å². The van der Waals surface area contributed by atoms with E-state index in [0.29, 0.717) is 6.42 Å². The number of halogens is 1. The first-order valence-electron chi connectivity index (χ1n) is 6.07. The Bertz CT molecular complexity index is 432. The van der Waals surface area contributed by atoms with Crippen molar-refractivity contribution in [3.05, 3.63) is 30.1 Å². The van der Waals surface area contributed by atoms with Crippen LogP contribution in [-0.4, -0.2) is 24.5 Å². The van der Waals surface area contributed by atoms with Crippen LogP contribution >= 0.6 is 0 Å². The molecule has 0 spiro atoms. The first kappa shape index (κ1) is 10.7. The Balaban J connectivity index is 1.90. The molecular formula is C13H15FN2O. The van der Waals surface area contributed by atoms with Crippen LogP contribution in [0.1, 0.15) is 19.3 Å². The van der Waals surface area contributed by atoms with Gasteiger partial charge < -0.3 is 10.2 Å². The third-order valence-electron chi connectivity index (χ3n) is 3.65. The van der Waals surface area contributed by atoms with Gasteiger partial charge in [0.2, 0.25) is 5.91 Å². The van der Waals surface area contributed by atoms with Crippen LogP contribution in [0, 0.1) is 5.82 Å². The zero-order valence-electron chi connectivity index (χ0n) is 9.53. The fourth-order valence-electron chi connectivity index (χ4n) is 2.86. The summed E-state index contributed by atoms with van der Waals surface area (Å²) in [6, 6.07) is 6.69. The maximum absolute atomic E-state index is 12.9. The minimum atomic E-state index is -0.265. The van der Waals surface area contributed by atoms with Crippen LogP contribution in [0.25, 0.3) is 0 Å². The minimum Gasteiger partial charge on any atom is -0.311 e. The number of anilines is 1. The molecule has 90 valence electrons. The van der Waals surface area contributed by atoms with Crippen molar-refractivity contribution < 1.29 is 9.18 Å². The summed E-state index contributed by atoms with van der Waals surface area (Å²) in [5, 5.41) is 3.39. The lowest BCUT2D eigenvalue weighted by atomic mass is 9.99. The summed E-state index contributed by atoms with van der Waals surface area (Å²) in [4.78, 5) is 13.8. The van der Waals surface area contributed by atoms with Gasteiger partial charge in [-0.3, -0.25) is 4.79 Å². The summed E-state index contributed by atoms with van der Waals surface area (Å²) in [5.74, 6) is -0.125. The number of hydrogen-bond acceptors (Lipinski definition) is 2. The Hall–Kier alpha value is -1.42. The topological polar surface area (TPSA) is 32.3 Å². The minimum absolute atomic E-state index is 0.140. The molecule has 4 heteroatoms. The second kappa shape index (κ2) is 4.11. The number of benzene rings is 1. The molecule has 1 aromatic carbocycles. The molecule has 0 aromatic heterocycles. The quantitative estimate of drug-likeness (QED) is 0.802. The maximum atomic E-state index is 12.9. The lowest BCUT2D eigenvalue weighted by Crippen LogP contribution is -2.47. The van der Waals surface area contributed by atoms with Crippen molar-refractivity contribution >= 4 is 11.6 Å². The Morgan fingerprint density at radius 3 is 2.82 bits per heavy atom. The van der Waals surface area contributed by atoms with Crippen LogP contribution in [0.4, 0.5) is 10.1 Å². The van der Waals surface area contributed by atoms with Gasteiger partial charge in [-0.05, 0) is 43.7 Å². The molecule has 0 radical (unpaired) electrons. The predicted molar refractivity (Wildman–Crippen MR) is 63.3 cm³/mol. The molecule has 1 amide bonds. The first-order valence-corrected chi connectivity index (χ1v) is 6.07. The molecule has 2 atom stereocenters. The molecule has 2 heterocycles. The Kier molecular flexibility index (Phi) is 2.59. The zero-order valence-corrected chi connectivity index (χ0v) is 9.53. The normalized spacial score (nSPS) is 28.3. The van der Waals surface area contributed by atoms with Gasteiger partial charge in [0.05, 0.1) is 6.04 Å². The molecule has 0 bridgehead atoms. The molecule has 0 aliphatic carbocycles. The monoisotopic (exact) mass is 234 g/mol. The fourth-order valence-corrected chi connectivity index (χ4v) is 2.86. The van der Waals surface area contributed by atoms with E-state index in [2.05, 4.69) is 5.32 Å². The molecule has 3 nitrogen and oxygen atoms in total. The van der Waals surface area contributed by atoms with Crippen LogP contribution in [-0.2, 0) is 4.79 Å². The van der Waals surface area contributed by atoms with Crippen LogP contribution < -0.4 is 10.2 Å². The molecule has 2 fully saturated rings. The van der Waals surface area contributed by atoms with Crippen molar-refractivity contribution in [1.29, 1.82) is 0 Å². The van der Waals surface area contributed by atoms with Gasteiger partial charge in [0.25, 0.3) is 0 Å². The van der Waals surface area contributed by atoms with Crippen molar-refractivity contribution in [1.82, 2.24) is 5.32 Å². The lowest BCUT2D eigenvalue weighted by molar-refractivity contribution is -0.117. The van der Waals surface area contributed by atoms with E-state index < -0.39 is 0 Å². The highest BCUT2D eigenvalue weighted by Crippen LogP contribution is 2.31. The molecular weight excluding hydrogens is 219 g/mol. The molecule has 1 aromatic rings. The number of rotatable bonds is 1. The molecule has 3 rings (SSSR count). The van der Waals surface area contributed by atoms with Gasteiger partial charge in [0, 0.05) is 18.2 Å². The van der Waals surface area contributed by atoms with E-state index in [0.717, 1.165) is 25.1 Å². The Morgan fingerprint density at radius 2 is 2.06 bits per heavy atom. The van der Waals surface area contributed by atoms with E-state index in [1.54, 1.807) is 12.1 Å². The molecule has 1 N–H and O–H groups in total. The highest BCUT2D eigenvalue weighted by Gasteiger charge is 2.41. The van der Waals surface area contributed by atoms with Crippen LogP contribution in [0.2, 0.25) is 0 Å². The van der Waals surface area contributed by atoms with Crippen LogP contribution in [0.5, 0.6) is 0 Å². The number of amides is 1. The van der Waals surface area contributed by atoms with Gasteiger partial charge in [-0.25, -0.2) is 4.39 Å². The smallest absolute Gasteiger partial charge is 0.228 e. The van der Waals surface area contributed by atoms with Gasteiger partial charge in [-0.1, -0.05) is 0 Å². The second-order valence-corrected chi connectivity index (χ2v) is 4.71. The largest absolute Gasteiger partial charge is 0.311 e. The van der Waals surface area contributed by atoms with E-state index in [-0.39, 0.29) is 23.8 Å². The highest BCUT2D eigenvalue weighted by molar-refractivity contribution is 5.97. The molecule has 2 aliphatic rings. The van der Waals surface area contributed by atoms with E-state index in [4.69, 9.17) is 0 Å². The van der Waals surface area contributed by atoms with E-state index >= 15 is 0 Å². The molecule has 17 heavy (non-hydrogen) atoms. The highest BCUT2D eigenvalue weighted by atomic mass is 19.1. The number of nitrogens with zero attached hydrogens (tertiary/aromatic N) is 1. The lowest BCUT2D eigenvalue weighted by Gasteiger charge is -2.32. The van der Waals surface area contributed by atoms with E-state index in [9.17, 15) is 9.18 Å². The fraction of sp³-hybridized carbons (Fsp3) is 0.462. The molecule has 2 aliphatic heterocycles. The Morgan fingerprint density at radius 1 is 1.29 bits per heavy atom. The third kappa shape index (κ3) is 1.82. The summed E-state index contributed by atoms with van der Waals surface area (Å²) in [6.45, 7) is 0.992. The summed E-state index contributed by atoms with van der Waals surface area (Å²) in [7, 11) is 0. The maximum Gasteiger partial charge on any atom is 0.228 e. The number of fused-ring (bicyclic) bond motifs is 1. The van der Waals surface area contributed by atoms with Gasteiger partial charge >= 0.3 is 0 Å². The van der Waals surface area contributed by atoms with Crippen molar-refractivity contribution in [2.45, 2.75) is 31.3 Å².